The summed E-state index contributed by atoms with van der Waals surface area (Å²) < 4.78 is 0. The number of rotatable bonds is 2. The van der Waals surface area contributed by atoms with Crippen LogP contribution in [0.5, 0.6) is 0 Å². The Hall–Kier alpha value is -0.520. The van der Waals surface area contributed by atoms with Gasteiger partial charge in [0.05, 0.1) is 13.2 Å². The quantitative estimate of drug-likeness (QED) is 0.542. The monoisotopic (exact) mass is 142 g/mol. The first-order valence-corrected chi connectivity index (χ1v) is 3.43. The Balaban J connectivity index is 3.66. The van der Waals surface area contributed by atoms with Gasteiger partial charge in [-0.2, -0.15) is 0 Å². The molecule has 0 spiro atoms. The summed E-state index contributed by atoms with van der Waals surface area (Å²) in [5, 5.41) is 17.1. The first-order valence-electron chi connectivity index (χ1n) is 3.43. The van der Waals surface area contributed by atoms with Crippen LogP contribution in [0.15, 0.2) is 0 Å². The lowest BCUT2D eigenvalue weighted by molar-refractivity contribution is 0.261. The fourth-order valence-electron chi connectivity index (χ4n) is 0.376. The molecule has 0 aliphatic heterocycles. The highest BCUT2D eigenvalue weighted by atomic mass is 16.3. The van der Waals surface area contributed by atoms with E-state index in [1.54, 1.807) is 0 Å². The molecule has 0 aliphatic carbocycles. The zero-order valence-electron chi connectivity index (χ0n) is 6.46. The van der Waals surface area contributed by atoms with Gasteiger partial charge in [0.1, 0.15) is 0 Å². The fourth-order valence-corrected chi connectivity index (χ4v) is 0.376. The minimum absolute atomic E-state index is 0.0222. The van der Waals surface area contributed by atoms with Crippen LogP contribution in [0.25, 0.3) is 0 Å². The van der Waals surface area contributed by atoms with E-state index in [4.69, 9.17) is 10.2 Å². The maximum absolute atomic E-state index is 8.56. The molecule has 0 rings (SSSR count). The molecule has 0 saturated carbocycles. The average molecular weight is 142 g/mol. The smallest absolute Gasteiger partial charge is 0.0566 e. The Bertz CT molecular complexity index is 118. The molecule has 2 nitrogen and oxygen atoms in total. The molecule has 0 aromatic carbocycles. The van der Waals surface area contributed by atoms with Crippen molar-refractivity contribution in [3.63, 3.8) is 0 Å². The van der Waals surface area contributed by atoms with Crippen molar-refractivity contribution in [1.82, 2.24) is 0 Å². The zero-order valence-corrected chi connectivity index (χ0v) is 6.46. The number of hydrogen-bond donors (Lipinski definition) is 2. The molecule has 2 atom stereocenters. The minimum Gasteiger partial charge on any atom is -0.395 e. The highest BCUT2D eigenvalue weighted by Gasteiger charge is 1.94. The molecule has 0 aromatic rings. The molecule has 0 aliphatic rings. The third-order valence-electron chi connectivity index (χ3n) is 1.12. The van der Waals surface area contributed by atoms with Crippen LogP contribution in [0.1, 0.15) is 13.8 Å². The lowest BCUT2D eigenvalue weighted by Crippen LogP contribution is -2.00. The van der Waals surface area contributed by atoms with Crippen LogP contribution in [0, 0.1) is 23.7 Å². The first kappa shape index (κ1) is 9.48. The van der Waals surface area contributed by atoms with Crippen molar-refractivity contribution < 1.29 is 10.2 Å². The number of aliphatic hydroxyl groups excluding tert-OH is 2. The minimum atomic E-state index is 0.0222. The molecule has 0 radical (unpaired) electrons. The van der Waals surface area contributed by atoms with Crippen LogP contribution in [0.4, 0.5) is 0 Å². The van der Waals surface area contributed by atoms with Gasteiger partial charge in [0.15, 0.2) is 0 Å². The van der Waals surface area contributed by atoms with Crippen LogP contribution in [-0.2, 0) is 0 Å². The molecule has 2 heteroatoms. The summed E-state index contributed by atoms with van der Waals surface area (Å²) in [6.45, 7) is 3.87. The topological polar surface area (TPSA) is 40.5 Å². The summed E-state index contributed by atoms with van der Waals surface area (Å²) in [6.07, 6.45) is 0. The van der Waals surface area contributed by atoms with Crippen molar-refractivity contribution in [2.45, 2.75) is 13.8 Å². The Morgan fingerprint density at radius 1 is 1.00 bits per heavy atom. The third-order valence-corrected chi connectivity index (χ3v) is 1.12. The maximum atomic E-state index is 8.56. The Kier molecular flexibility index (Phi) is 5.00. The molecule has 58 valence electrons. The van der Waals surface area contributed by atoms with Gasteiger partial charge in [0.25, 0.3) is 0 Å². The van der Waals surface area contributed by atoms with E-state index in [0.717, 1.165) is 0 Å². The SMILES string of the molecule is CC(C#CC(C)CO)CO. The third kappa shape index (κ3) is 4.37. The van der Waals surface area contributed by atoms with Crippen LogP contribution in [-0.4, -0.2) is 23.4 Å². The fraction of sp³-hybridized carbons (Fsp3) is 0.750. The van der Waals surface area contributed by atoms with Crippen molar-refractivity contribution in [2.24, 2.45) is 11.8 Å². The summed E-state index contributed by atoms with van der Waals surface area (Å²) in [4.78, 5) is 0. The van der Waals surface area contributed by atoms with E-state index in [9.17, 15) is 0 Å². The van der Waals surface area contributed by atoms with Crippen molar-refractivity contribution in [2.75, 3.05) is 13.2 Å². The average Bonchev–Trinajstić information content (AvgIpc) is 1.99. The van der Waals surface area contributed by atoms with Crippen LogP contribution < -0.4 is 0 Å². The standard InChI is InChI=1S/C8H14O2/c1-7(5-9)3-4-8(2)6-10/h7-10H,5-6H2,1-2H3. The summed E-state index contributed by atoms with van der Waals surface area (Å²) >= 11 is 0. The van der Waals surface area contributed by atoms with E-state index < -0.39 is 0 Å². The van der Waals surface area contributed by atoms with Crippen LogP contribution >= 0.6 is 0 Å². The molecule has 10 heavy (non-hydrogen) atoms. The lowest BCUT2D eigenvalue weighted by atomic mass is 10.1. The van der Waals surface area contributed by atoms with Gasteiger partial charge in [-0.05, 0) is 13.8 Å². The molecular formula is C8H14O2. The van der Waals surface area contributed by atoms with E-state index in [1.807, 2.05) is 13.8 Å². The number of hydrogen-bond acceptors (Lipinski definition) is 2. The second kappa shape index (κ2) is 5.28. The van der Waals surface area contributed by atoms with E-state index in [0.29, 0.717) is 0 Å². The molecular weight excluding hydrogens is 128 g/mol. The summed E-state index contributed by atoms with van der Waals surface area (Å²) in [7, 11) is 0. The van der Waals surface area contributed by atoms with Gasteiger partial charge in [-0.25, -0.2) is 0 Å². The molecule has 0 fully saturated rings. The van der Waals surface area contributed by atoms with Gasteiger partial charge < -0.3 is 10.2 Å². The highest BCUT2D eigenvalue weighted by molar-refractivity contribution is 5.05. The largest absolute Gasteiger partial charge is 0.395 e. The molecule has 0 saturated heterocycles. The van der Waals surface area contributed by atoms with Gasteiger partial charge in [-0.3, -0.25) is 0 Å². The predicted molar refractivity (Wildman–Crippen MR) is 40.3 cm³/mol. The second-order valence-electron chi connectivity index (χ2n) is 2.46. The van der Waals surface area contributed by atoms with Crippen molar-refractivity contribution >= 4 is 0 Å². The molecule has 2 unspecified atom stereocenters. The predicted octanol–water partition coefficient (Wildman–Crippen LogP) is 0.247. The van der Waals surface area contributed by atoms with Crippen LogP contribution in [0.2, 0.25) is 0 Å². The lowest BCUT2D eigenvalue weighted by Gasteiger charge is -1.97. The molecule has 0 aromatic heterocycles. The highest BCUT2D eigenvalue weighted by Crippen LogP contribution is 1.92. The first-order chi connectivity index (χ1) is 4.70. The molecule has 2 N–H and O–H groups in total. The van der Waals surface area contributed by atoms with Crippen LogP contribution in [0.3, 0.4) is 0 Å². The van der Waals surface area contributed by atoms with E-state index in [-0.39, 0.29) is 25.0 Å². The van der Waals surface area contributed by atoms with Gasteiger partial charge in [0, 0.05) is 11.8 Å². The summed E-state index contributed by atoms with van der Waals surface area (Å²) in [5.41, 5.74) is 0. The summed E-state index contributed by atoms with van der Waals surface area (Å²) in [5.74, 6) is 5.69. The van der Waals surface area contributed by atoms with Gasteiger partial charge in [-0.1, -0.05) is 11.8 Å². The second-order valence-corrected chi connectivity index (χ2v) is 2.46. The number of aliphatic hydroxyl groups is 2. The van der Waals surface area contributed by atoms with E-state index in [2.05, 4.69) is 11.8 Å². The normalized spacial score (nSPS) is 15.2. The van der Waals surface area contributed by atoms with Crippen molar-refractivity contribution in [1.29, 1.82) is 0 Å². The van der Waals surface area contributed by atoms with Crippen molar-refractivity contribution in [3.8, 4) is 11.8 Å². The van der Waals surface area contributed by atoms with Gasteiger partial charge >= 0.3 is 0 Å². The molecule has 0 amide bonds. The molecule has 0 heterocycles. The van der Waals surface area contributed by atoms with Gasteiger partial charge in [-0.15, -0.1) is 0 Å². The Labute approximate surface area is 61.9 Å². The van der Waals surface area contributed by atoms with E-state index >= 15 is 0 Å². The van der Waals surface area contributed by atoms with Gasteiger partial charge in [0.2, 0.25) is 0 Å². The Morgan fingerprint density at radius 2 is 1.30 bits per heavy atom. The maximum Gasteiger partial charge on any atom is 0.0566 e. The molecule has 0 bridgehead atoms. The zero-order chi connectivity index (χ0) is 7.98. The van der Waals surface area contributed by atoms with E-state index in [1.165, 1.54) is 0 Å². The Morgan fingerprint density at radius 3 is 1.50 bits per heavy atom. The van der Waals surface area contributed by atoms with Crippen molar-refractivity contribution in [3.05, 3.63) is 0 Å². The summed E-state index contributed by atoms with van der Waals surface area (Å²) in [6, 6.07) is 0.